The number of hydrogen-bond acceptors (Lipinski definition) is 4. The molecule has 1 unspecified atom stereocenters. The van der Waals surface area contributed by atoms with Crippen molar-refractivity contribution in [3.05, 3.63) is 44.8 Å². The van der Waals surface area contributed by atoms with Crippen molar-refractivity contribution in [3.63, 3.8) is 0 Å². The van der Waals surface area contributed by atoms with Gasteiger partial charge in [0.2, 0.25) is 0 Å². The summed E-state index contributed by atoms with van der Waals surface area (Å²) < 4.78 is 49.0. The van der Waals surface area contributed by atoms with E-state index in [4.69, 9.17) is 0 Å². The number of urea groups is 1. The van der Waals surface area contributed by atoms with Gasteiger partial charge >= 0.3 is 6.03 Å². The first-order valence-electron chi connectivity index (χ1n) is 10.2. The fourth-order valence-electron chi connectivity index (χ4n) is 4.39. The van der Waals surface area contributed by atoms with E-state index in [1.54, 1.807) is 0 Å². The fraction of sp³-hybridized carbons (Fsp3) is 0.476. The van der Waals surface area contributed by atoms with Gasteiger partial charge in [-0.15, -0.1) is 15.7 Å². The lowest BCUT2D eigenvalue weighted by atomic mass is 9.98. The van der Waals surface area contributed by atoms with Crippen LogP contribution in [0.15, 0.2) is 14.0 Å². The van der Waals surface area contributed by atoms with Crippen molar-refractivity contribution in [1.29, 1.82) is 0 Å². The Morgan fingerprint density at radius 2 is 1.65 bits per heavy atom. The molecule has 0 radical (unpaired) electrons. The molecule has 1 aromatic carbocycles. The van der Waals surface area contributed by atoms with Crippen molar-refractivity contribution < 1.29 is 22.9 Å². The molecule has 3 N–H and O–H groups in total. The third kappa shape index (κ3) is 3.79. The Balaban J connectivity index is 1.74. The number of hydrogen-bond donors (Lipinski definition) is 3. The van der Waals surface area contributed by atoms with Crippen molar-refractivity contribution in [2.24, 2.45) is 4.36 Å². The lowest BCUT2D eigenvalue weighted by Crippen LogP contribution is -2.23. The van der Waals surface area contributed by atoms with Gasteiger partial charge in [-0.2, -0.15) is 0 Å². The van der Waals surface area contributed by atoms with E-state index in [-0.39, 0.29) is 15.6 Å². The summed E-state index contributed by atoms with van der Waals surface area (Å²) >= 11 is 0.829. The SMILES string of the molecule is CNS(=O)(=NC(=O)Nc1c2c(c(F)c3c1CCC3)CCC2)c1scc(C(C)(C)O)c1F. The molecular weight excluding hydrogens is 444 g/mol. The minimum atomic E-state index is -3.61. The van der Waals surface area contributed by atoms with Crippen molar-refractivity contribution in [3.8, 4) is 0 Å². The molecule has 2 aromatic rings. The Morgan fingerprint density at radius 3 is 2.13 bits per heavy atom. The Bertz CT molecular complexity index is 1160. The predicted octanol–water partition coefficient (Wildman–Crippen LogP) is 4.42. The number of benzene rings is 1. The molecule has 6 nitrogen and oxygen atoms in total. The molecule has 0 bridgehead atoms. The molecule has 0 aliphatic heterocycles. The summed E-state index contributed by atoms with van der Waals surface area (Å²) in [5.74, 6) is -1.01. The maximum atomic E-state index is 14.9. The lowest BCUT2D eigenvalue weighted by molar-refractivity contribution is 0.0748. The van der Waals surface area contributed by atoms with Gasteiger partial charge < -0.3 is 10.4 Å². The first-order chi connectivity index (χ1) is 14.6. The number of aliphatic hydroxyl groups is 1. The molecule has 4 rings (SSSR count). The minimum absolute atomic E-state index is 0.0137. The van der Waals surface area contributed by atoms with E-state index in [2.05, 4.69) is 14.4 Å². The Hall–Kier alpha value is -1.88. The average Bonchev–Trinajstić information content (AvgIpc) is 3.43. The van der Waals surface area contributed by atoms with Crippen LogP contribution in [0.4, 0.5) is 19.3 Å². The van der Waals surface area contributed by atoms with Crippen LogP contribution in [-0.4, -0.2) is 22.4 Å². The highest BCUT2D eigenvalue weighted by molar-refractivity contribution is 7.94. The van der Waals surface area contributed by atoms with Crippen molar-refractivity contribution in [2.75, 3.05) is 12.4 Å². The van der Waals surface area contributed by atoms with Crippen LogP contribution in [0.3, 0.4) is 0 Å². The molecular formula is C21H25F2N3O3S2. The zero-order valence-electron chi connectivity index (χ0n) is 17.6. The minimum Gasteiger partial charge on any atom is -0.386 e. The van der Waals surface area contributed by atoms with Crippen LogP contribution < -0.4 is 10.0 Å². The molecule has 0 saturated heterocycles. The van der Waals surface area contributed by atoms with Gasteiger partial charge in [-0.3, -0.25) is 0 Å². The predicted molar refractivity (Wildman–Crippen MR) is 117 cm³/mol. The number of carbonyl (C=O) groups excluding carboxylic acids is 1. The van der Waals surface area contributed by atoms with E-state index in [0.29, 0.717) is 42.5 Å². The van der Waals surface area contributed by atoms with Crippen LogP contribution in [0.2, 0.25) is 0 Å². The fourth-order valence-corrected chi connectivity index (χ4v) is 7.24. The largest absolute Gasteiger partial charge is 0.386 e. The second-order valence-electron chi connectivity index (χ2n) is 8.37. The second-order valence-corrected chi connectivity index (χ2v) is 11.6. The van der Waals surface area contributed by atoms with Gasteiger partial charge in [0.05, 0.1) is 5.60 Å². The topological polar surface area (TPSA) is 90.8 Å². The zero-order valence-corrected chi connectivity index (χ0v) is 19.2. The smallest absolute Gasteiger partial charge is 0.354 e. The van der Waals surface area contributed by atoms with E-state index in [1.807, 2.05) is 0 Å². The number of thiophene rings is 1. The summed E-state index contributed by atoms with van der Waals surface area (Å²) in [4.78, 5) is 12.8. The molecule has 2 amide bonds. The van der Waals surface area contributed by atoms with Crippen molar-refractivity contribution in [1.82, 2.24) is 4.72 Å². The lowest BCUT2D eigenvalue weighted by Gasteiger charge is -2.17. The van der Waals surface area contributed by atoms with Gasteiger partial charge in [0.1, 0.15) is 5.82 Å². The van der Waals surface area contributed by atoms with E-state index >= 15 is 0 Å². The molecule has 1 aromatic heterocycles. The van der Waals surface area contributed by atoms with Gasteiger partial charge in [-0.1, -0.05) is 0 Å². The van der Waals surface area contributed by atoms with Crippen LogP contribution >= 0.6 is 11.3 Å². The van der Waals surface area contributed by atoms with Gasteiger partial charge in [0.25, 0.3) is 0 Å². The third-order valence-electron chi connectivity index (χ3n) is 5.90. The first kappa shape index (κ1) is 22.3. The molecule has 10 heteroatoms. The molecule has 0 fully saturated rings. The Labute approximate surface area is 184 Å². The molecule has 0 spiro atoms. The van der Waals surface area contributed by atoms with Crippen LogP contribution in [0, 0.1) is 11.6 Å². The number of halogens is 2. The van der Waals surface area contributed by atoms with Crippen molar-refractivity contribution in [2.45, 2.75) is 62.2 Å². The molecule has 31 heavy (non-hydrogen) atoms. The molecule has 168 valence electrons. The Kier molecular flexibility index (Phi) is 5.70. The van der Waals surface area contributed by atoms with E-state index in [1.165, 1.54) is 26.3 Å². The van der Waals surface area contributed by atoms with E-state index in [0.717, 1.165) is 35.3 Å². The Morgan fingerprint density at radius 1 is 1.10 bits per heavy atom. The molecule has 1 heterocycles. The van der Waals surface area contributed by atoms with Crippen LogP contribution in [0.1, 0.15) is 54.5 Å². The number of carbonyl (C=O) groups is 1. The van der Waals surface area contributed by atoms with Gasteiger partial charge in [0.15, 0.2) is 19.9 Å². The standard InChI is InChI=1S/C21H25F2N3O3S2/c1-21(2,28)15-10-30-19(17(15)23)31(29,24-3)26-20(27)25-18-13-8-4-6-11(13)16(22)12-7-5-9-14(12)18/h10,28H,4-9H2,1-3H3,(H2,24,25,26,27,29). The van der Waals surface area contributed by atoms with Gasteiger partial charge in [0, 0.05) is 16.6 Å². The molecule has 1 atom stereocenters. The number of rotatable bonds is 4. The van der Waals surface area contributed by atoms with Gasteiger partial charge in [-0.05, 0) is 81.7 Å². The van der Waals surface area contributed by atoms with E-state index < -0.39 is 27.4 Å². The van der Waals surface area contributed by atoms with Gasteiger partial charge in [-0.25, -0.2) is 22.5 Å². The summed E-state index contributed by atoms with van der Waals surface area (Å²) in [6, 6.07) is -0.883. The van der Waals surface area contributed by atoms with Crippen molar-refractivity contribution >= 4 is 33.0 Å². The van der Waals surface area contributed by atoms with Crippen LogP contribution in [-0.2, 0) is 41.2 Å². The zero-order chi connectivity index (χ0) is 22.6. The first-order valence-corrected chi connectivity index (χ1v) is 12.6. The molecule has 0 saturated carbocycles. The quantitative estimate of drug-likeness (QED) is 0.619. The molecule has 2 aliphatic rings. The van der Waals surface area contributed by atoms with E-state index in [9.17, 15) is 22.9 Å². The summed E-state index contributed by atoms with van der Waals surface area (Å²) in [5, 5.41) is 14.2. The third-order valence-corrected chi connectivity index (χ3v) is 9.27. The highest BCUT2D eigenvalue weighted by Gasteiger charge is 2.31. The summed E-state index contributed by atoms with van der Waals surface area (Å²) in [6.45, 7) is 2.84. The number of anilines is 1. The summed E-state index contributed by atoms with van der Waals surface area (Å²) in [6.07, 6.45) is 4.19. The highest BCUT2D eigenvalue weighted by atomic mass is 32.2. The number of fused-ring (bicyclic) bond motifs is 2. The summed E-state index contributed by atoms with van der Waals surface area (Å²) in [5.41, 5.74) is 1.93. The van der Waals surface area contributed by atoms with Crippen LogP contribution in [0.25, 0.3) is 0 Å². The highest BCUT2D eigenvalue weighted by Crippen LogP contribution is 2.41. The second kappa shape index (κ2) is 7.91. The average molecular weight is 470 g/mol. The maximum Gasteiger partial charge on any atom is 0.354 e. The number of amides is 2. The maximum absolute atomic E-state index is 14.9. The number of nitrogens with zero attached hydrogens (tertiary/aromatic N) is 1. The molecule has 2 aliphatic carbocycles. The summed E-state index contributed by atoms with van der Waals surface area (Å²) in [7, 11) is -2.28. The monoisotopic (exact) mass is 469 g/mol. The van der Waals surface area contributed by atoms with Crippen LogP contribution in [0.5, 0.6) is 0 Å². The number of nitrogens with one attached hydrogen (secondary N) is 2. The normalized spacial score (nSPS) is 17.2.